The van der Waals surface area contributed by atoms with Gasteiger partial charge in [0.05, 0.1) is 0 Å². The molecule has 1 N–H and O–H groups in total. The Labute approximate surface area is 104 Å². The van der Waals surface area contributed by atoms with Crippen molar-refractivity contribution in [3.8, 4) is 0 Å². The summed E-state index contributed by atoms with van der Waals surface area (Å²) in [5.74, 6) is 0.714. The molecule has 1 aromatic rings. The van der Waals surface area contributed by atoms with Gasteiger partial charge in [-0.25, -0.2) is 0 Å². The average Bonchev–Trinajstić information content (AvgIpc) is 2.38. The second-order valence-corrected chi connectivity index (χ2v) is 4.90. The summed E-state index contributed by atoms with van der Waals surface area (Å²) in [6.45, 7) is 7.17. The van der Waals surface area contributed by atoms with E-state index < -0.39 is 0 Å². The van der Waals surface area contributed by atoms with Crippen LogP contribution in [0.25, 0.3) is 0 Å². The van der Waals surface area contributed by atoms with Gasteiger partial charge in [0.1, 0.15) is 0 Å². The van der Waals surface area contributed by atoms with Crippen molar-refractivity contribution in [2.75, 3.05) is 19.8 Å². The van der Waals surface area contributed by atoms with Crippen molar-refractivity contribution < 1.29 is 4.74 Å². The minimum absolute atomic E-state index is 0.490. The molecule has 2 nitrogen and oxygen atoms in total. The first-order valence-corrected chi connectivity index (χ1v) is 6.69. The van der Waals surface area contributed by atoms with Gasteiger partial charge in [-0.05, 0) is 37.8 Å². The minimum Gasteiger partial charge on any atom is -0.381 e. The first-order valence-electron chi connectivity index (χ1n) is 6.69. The molecule has 0 aliphatic carbocycles. The van der Waals surface area contributed by atoms with Gasteiger partial charge in [-0.1, -0.05) is 36.8 Å². The van der Waals surface area contributed by atoms with Crippen LogP contribution in [0.3, 0.4) is 0 Å². The topological polar surface area (TPSA) is 21.3 Å². The molecule has 1 fully saturated rings. The summed E-state index contributed by atoms with van der Waals surface area (Å²) >= 11 is 0. The maximum Gasteiger partial charge on any atom is 0.0469 e. The highest BCUT2D eigenvalue weighted by Crippen LogP contribution is 2.30. The molecular formula is C15H23NO. The molecule has 0 amide bonds. The SMILES string of the molecule is CCNC(c1ccc(C)cc1)C1CCOCC1. The third-order valence-corrected chi connectivity index (χ3v) is 3.60. The highest BCUT2D eigenvalue weighted by Gasteiger charge is 2.24. The number of hydrogen-bond acceptors (Lipinski definition) is 2. The number of aryl methyl sites for hydroxylation is 1. The van der Waals surface area contributed by atoms with Crippen molar-refractivity contribution in [1.82, 2.24) is 5.32 Å². The third kappa shape index (κ3) is 3.30. The smallest absolute Gasteiger partial charge is 0.0469 e. The van der Waals surface area contributed by atoms with Gasteiger partial charge in [-0.3, -0.25) is 0 Å². The lowest BCUT2D eigenvalue weighted by molar-refractivity contribution is 0.0538. The van der Waals surface area contributed by atoms with Gasteiger partial charge in [0.25, 0.3) is 0 Å². The van der Waals surface area contributed by atoms with E-state index in [0.717, 1.165) is 19.8 Å². The molecule has 94 valence electrons. The molecule has 1 aromatic carbocycles. The zero-order chi connectivity index (χ0) is 12.1. The standard InChI is InChI=1S/C15H23NO/c1-3-16-15(14-8-10-17-11-9-14)13-6-4-12(2)5-7-13/h4-7,14-16H,3,8-11H2,1-2H3. The van der Waals surface area contributed by atoms with E-state index in [1.54, 1.807) is 0 Å². The van der Waals surface area contributed by atoms with Gasteiger partial charge in [0.15, 0.2) is 0 Å². The number of rotatable bonds is 4. The Morgan fingerprint density at radius 1 is 1.24 bits per heavy atom. The molecule has 2 rings (SSSR count). The van der Waals surface area contributed by atoms with Gasteiger partial charge in [0.2, 0.25) is 0 Å². The van der Waals surface area contributed by atoms with E-state index in [1.807, 2.05) is 0 Å². The molecule has 1 aliphatic rings. The number of ether oxygens (including phenoxy) is 1. The van der Waals surface area contributed by atoms with Gasteiger partial charge < -0.3 is 10.1 Å². The van der Waals surface area contributed by atoms with Crippen molar-refractivity contribution in [1.29, 1.82) is 0 Å². The minimum atomic E-state index is 0.490. The summed E-state index contributed by atoms with van der Waals surface area (Å²) in [5, 5.41) is 3.63. The Balaban J connectivity index is 2.12. The summed E-state index contributed by atoms with van der Waals surface area (Å²) in [7, 11) is 0. The predicted molar refractivity (Wildman–Crippen MR) is 71.1 cm³/mol. The zero-order valence-electron chi connectivity index (χ0n) is 10.9. The lowest BCUT2D eigenvalue weighted by Gasteiger charge is -2.31. The second kappa shape index (κ2) is 6.18. The molecule has 1 heterocycles. The van der Waals surface area contributed by atoms with Gasteiger partial charge in [-0.2, -0.15) is 0 Å². The van der Waals surface area contributed by atoms with Crippen LogP contribution in [0.1, 0.15) is 36.9 Å². The quantitative estimate of drug-likeness (QED) is 0.863. The van der Waals surface area contributed by atoms with Crippen LogP contribution in [-0.2, 0) is 4.74 Å². The summed E-state index contributed by atoms with van der Waals surface area (Å²) in [6, 6.07) is 9.43. The Bertz CT molecular complexity index is 327. The lowest BCUT2D eigenvalue weighted by Crippen LogP contribution is -2.32. The fraction of sp³-hybridized carbons (Fsp3) is 0.600. The Morgan fingerprint density at radius 3 is 2.47 bits per heavy atom. The van der Waals surface area contributed by atoms with E-state index in [2.05, 4.69) is 43.4 Å². The van der Waals surface area contributed by atoms with Crippen molar-refractivity contribution in [2.24, 2.45) is 5.92 Å². The van der Waals surface area contributed by atoms with E-state index in [4.69, 9.17) is 4.74 Å². The molecule has 0 saturated carbocycles. The van der Waals surface area contributed by atoms with Crippen molar-refractivity contribution >= 4 is 0 Å². The Hall–Kier alpha value is -0.860. The molecule has 2 heteroatoms. The van der Waals surface area contributed by atoms with Crippen LogP contribution >= 0.6 is 0 Å². The van der Waals surface area contributed by atoms with Crippen molar-refractivity contribution in [3.63, 3.8) is 0 Å². The molecule has 0 radical (unpaired) electrons. The molecule has 1 atom stereocenters. The number of nitrogens with one attached hydrogen (secondary N) is 1. The van der Waals surface area contributed by atoms with Crippen LogP contribution in [0.5, 0.6) is 0 Å². The van der Waals surface area contributed by atoms with Crippen LogP contribution in [-0.4, -0.2) is 19.8 Å². The monoisotopic (exact) mass is 233 g/mol. The fourth-order valence-corrected chi connectivity index (χ4v) is 2.60. The van der Waals surface area contributed by atoms with E-state index in [1.165, 1.54) is 24.0 Å². The molecule has 0 spiro atoms. The van der Waals surface area contributed by atoms with Gasteiger partial charge >= 0.3 is 0 Å². The number of hydrogen-bond donors (Lipinski definition) is 1. The fourth-order valence-electron chi connectivity index (χ4n) is 2.60. The van der Waals surface area contributed by atoms with Crippen molar-refractivity contribution in [2.45, 2.75) is 32.7 Å². The van der Waals surface area contributed by atoms with Gasteiger partial charge in [-0.15, -0.1) is 0 Å². The first kappa shape index (κ1) is 12.6. The van der Waals surface area contributed by atoms with E-state index >= 15 is 0 Å². The second-order valence-electron chi connectivity index (χ2n) is 4.90. The highest BCUT2D eigenvalue weighted by molar-refractivity contribution is 5.24. The Morgan fingerprint density at radius 2 is 1.88 bits per heavy atom. The molecule has 1 saturated heterocycles. The van der Waals surface area contributed by atoms with Gasteiger partial charge in [0, 0.05) is 19.3 Å². The summed E-state index contributed by atoms with van der Waals surface area (Å²) in [5.41, 5.74) is 2.75. The lowest BCUT2D eigenvalue weighted by atomic mass is 9.87. The highest BCUT2D eigenvalue weighted by atomic mass is 16.5. The zero-order valence-corrected chi connectivity index (χ0v) is 10.9. The summed E-state index contributed by atoms with van der Waals surface area (Å²) < 4.78 is 5.46. The number of benzene rings is 1. The molecule has 17 heavy (non-hydrogen) atoms. The maximum atomic E-state index is 5.46. The summed E-state index contributed by atoms with van der Waals surface area (Å²) in [6.07, 6.45) is 2.34. The van der Waals surface area contributed by atoms with Crippen LogP contribution in [0.4, 0.5) is 0 Å². The predicted octanol–water partition coefficient (Wildman–Crippen LogP) is 3.07. The maximum absolute atomic E-state index is 5.46. The molecular weight excluding hydrogens is 210 g/mol. The largest absolute Gasteiger partial charge is 0.381 e. The summed E-state index contributed by atoms with van der Waals surface area (Å²) in [4.78, 5) is 0. The first-order chi connectivity index (χ1) is 8.31. The van der Waals surface area contributed by atoms with Crippen LogP contribution in [0, 0.1) is 12.8 Å². The molecule has 1 unspecified atom stereocenters. The van der Waals surface area contributed by atoms with Crippen molar-refractivity contribution in [3.05, 3.63) is 35.4 Å². The molecule has 1 aliphatic heterocycles. The average molecular weight is 233 g/mol. The normalized spacial score (nSPS) is 19.2. The third-order valence-electron chi connectivity index (χ3n) is 3.60. The van der Waals surface area contributed by atoms with Crippen LogP contribution in [0.2, 0.25) is 0 Å². The van der Waals surface area contributed by atoms with E-state index in [9.17, 15) is 0 Å². The van der Waals surface area contributed by atoms with E-state index in [-0.39, 0.29) is 0 Å². The molecule has 0 aromatic heterocycles. The molecule has 0 bridgehead atoms. The van der Waals surface area contributed by atoms with Crippen LogP contribution < -0.4 is 5.32 Å². The Kier molecular flexibility index (Phi) is 4.57. The van der Waals surface area contributed by atoms with E-state index in [0.29, 0.717) is 12.0 Å². The van der Waals surface area contributed by atoms with Crippen LogP contribution in [0.15, 0.2) is 24.3 Å².